The Morgan fingerprint density at radius 3 is 2.68 bits per heavy atom. The molecule has 1 aliphatic heterocycles. The van der Waals surface area contributed by atoms with E-state index in [1.807, 2.05) is 67.3 Å². The Kier molecular flexibility index (Phi) is 10.1. The molecule has 0 spiro atoms. The average molecular weight is 506 g/mol. The second kappa shape index (κ2) is 13.5. The van der Waals surface area contributed by atoms with Crippen molar-refractivity contribution in [1.82, 2.24) is 4.90 Å². The normalized spacial score (nSPS) is 15.5. The molecule has 1 fully saturated rings. The molecule has 37 heavy (non-hydrogen) atoms. The fourth-order valence-corrected chi connectivity index (χ4v) is 4.41. The number of rotatable bonds is 10. The van der Waals surface area contributed by atoms with Gasteiger partial charge in [0.25, 0.3) is 0 Å². The number of benzene rings is 2. The molecule has 3 rings (SSSR count). The molecule has 8 nitrogen and oxygen atoms in total. The molecule has 4 N–H and O–H groups in total. The van der Waals surface area contributed by atoms with Gasteiger partial charge in [-0.3, -0.25) is 15.2 Å². The summed E-state index contributed by atoms with van der Waals surface area (Å²) in [4.78, 5) is 21.0. The molecule has 1 unspecified atom stereocenters. The van der Waals surface area contributed by atoms with Gasteiger partial charge in [0.2, 0.25) is 0 Å². The summed E-state index contributed by atoms with van der Waals surface area (Å²) in [7, 11) is 0. The lowest BCUT2D eigenvalue weighted by Gasteiger charge is -2.31. The molecule has 1 heterocycles. The molecule has 2 aromatic rings. The first-order valence-electron chi connectivity index (χ1n) is 12.9. The van der Waals surface area contributed by atoms with Crippen molar-refractivity contribution in [2.75, 3.05) is 37.7 Å². The van der Waals surface area contributed by atoms with Crippen molar-refractivity contribution in [3.8, 4) is 5.75 Å². The molecule has 0 bridgehead atoms. The van der Waals surface area contributed by atoms with E-state index in [1.165, 1.54) is 0 Å². The van der Waals surface area contributed by atoms with Gasteiger partial charge in [-0.1, -0.05) is 49.4 Å². The van der Waals surface area contributed by atoms with Gasteiger partial charge in [0.15, 0.2) is 0 Å². The predicted octanol–water partition coefficient (Wildman–Crippen LogP) is 4.28. The summed E-state index contributed by atoms with van der Waals surface area (Å²) in [6.45, 7) is 8.36. The number of piperidine rings is 1. The van der Waals surface area contributed by atoms with E-state index < -0.39 is 0 Å². The van der Waals surface area contributed by atoms with Crippen molar-refractivity contribution in [2.24, 2.45) is 16.6 Å². The molecule has 0 aliphatic carbocycles. The number of hydrogen-bond donors (Lipinski definition) is 3. The molecule has 0 aromatic heterocycles. The summed E-state index contributed by atoms with van der Waals surface area (Å²) in [5, 5.41) is 18.2. The third-order valence-corrected chi connectivity index (χ3v) is 6.48. The molecule has 2 aromatic carbocycles. The Morgan fingerprint density at radius 1 is 1.27 bits per heavy atom. The summed E-state index contributed by atoms with van der Waals surface area (Å²) in [6.07, 6.45) is 5.79. The van der Waals surface area contributed by atoms with E-state index in [0.29, 0.717) is 37.1 Å². The highest BCUT2D eigenvalue weighted by atomic mass is 16.5. The van der Waals surface area contributed by atoms with Gasteiger partial charge in [0.1, 0.15) is 11.6 Å². The fourth-order valence-electron chi connectivity index (χ4n) is 4.41. The number of anilines is 1. The number of carbonyl (C=O) groups is 1. The SMILES string of the molecule is CCOC(=O)C(C)CN(C/C=C\c1cccc(C(N)=NC2CCN(C(C)=N)CC2)c1)c1ccccc1O. The van der Waals surface area contributed by atoms with E-state index in [4.69, 9.17) is 20.9 Å². The Morgan fingerprint density at radius 2 is 2.00 bits per heavy atom. The molecule has 0 saturated carbocycles. The van der Waals surface area contributed by atoms with Gasteiger partial charge in [0.05, 0.1) is 30.1 Å². The lowest BCUT2D eigenvalue weighted by molar-refractivity contribution is -0.147. The third kappa shape index (κ3) is 8.10. The summed E-state index contributed by atoms with van der Waals surface area (Å²) < 4.78 is 5.17. The summed E-state index contributed by atoms with van der Waals surface area (Å²) in [5.41, 5.74) is 8.88. The van der Waals surface area contributed by atoms with Crippen molar-refractivity contribution >= 4 is 29.4 Å². The average Bonchev–Trinajstić information content (AvgIpc) is 2.89. The first-order chi connectivity index (χ1) is 17.8. The van der Waals surface area contributed by atoms with Crippen molar-refractivity contribution in [3.05, 3.63) is 65.7 Å². The number of likely N-dealkylation sites (tertiary alicyclic amines) is 1. The number of carbonyl (C=O) groups excluding carboxylic acids is 1. The van der Waals surface area contributed by atoms with Crippen LogP contribution in [0.3, 0.4) is 0 Å². The Balaban J connectivity index is 1.69. The number of phenolic OH excluding ortho intramolecular Hbond substituents is 1. The lowest BCUT2D eigenvalue weighted by atomic mass is 10.0. The maximum atomic E-state index is 12.2. The smallest absolute Gasteiger partial charge is 0.310 e. The first kappa shape index (κ1) is 27.8. The molecule has 0 amide bonds. The van der Waals surface area contributed by atoms with Crippen molar-refractivity contribution in [2.45, 2.75) is 39.7 Å². The maximum Gasteiger partial charge on any atom is 0.310 e. The van der Waals surface area contributed by atoms with Gasteiger partial charge >= 0.3 is 5.97 Å². The predicted molar refractivity (Wildman–Crippen MR) is 150 cm³/mol. The van der Waals surface area contributed by atoms with Gasteiger partial charge in [-0.05, 0) is 50.5 Å². The second-order valence-electron chi connectivity index (χ2n) is 9.39. The van der Waals surface area contributed by atoms with E-state index in [0.717, 1.165) is 37.1 Å². The largest absolute Gasteiger partial charge is 0.506 e. The zero-order valence-corrected chi connectivity index (χ0v) is 22.1. The van der Waals surface area contributed by atoms with E-state index >= 15 is 0 Å². The molecule has 198 valence electrons. The van der Waals surface area contributed by atoms with Crippen LogP contribution in [0.1, 0.15) is 44.7 Å². The number of nitrogens with two attached hydrogens (primary N) is 1. The monoisotopic (exact) mass is 505 g/mol. The van der Waals surface area contributed by atoms with E-state index in [2.05, 4.69) is 4.90 Å². The van der Waals surface area contributed by atoms with Crippen LogP contribution >= 0.6 is 0 Å². The van der Waals surface area contributed by atoms with Gasteiger partial charge in [-0.15, -0.1) is 0 Å². The van der Waals surface area contributed by atoms with Crippen molar-refractivity contribution in [1.29, 1.82) is 5.41 Å². The van der Waals surface area contributed by atoms with E-state index in [9.17, 15) is 9.90 Å². The summed E-state index contributed by atoms with van der Waals surface area (Å²) in [6, 6.07) is 15.2. The number of aromatic hydroxyl groups is 1. The zero-order valence-electron chi connectivity index (χ0n) is 22.1. The molecular formula is C29H39N5O3. The van der Waals surface area contributed by atoms with Crippen LogP contribution < -0.4 is 10.6 Å². The number of nitrogens with zero attached hydrogens (tertiary/aromatic N) is 3. The number of ether oxygens (including phenoxy) is 1. The summed E-state index contributed by atoms with van der Waals surface area (Å²) >= 11 is 0. The standard InChI is InChI=1S/C29H39N5O3/c1-4-37-29(36)21(2)20-34(26-12-5-6-13-27(26)35)16-8-10-23-9-7-11-24(19-23)28(31)32-25-14-17-33(18-15-25)22(3)30/h5-13,19,21,25,30,35H,4,14-18,20H2,1-3H3,(H2,31,32)/b10-8-,30-22?. The van der Waals surface area contributed by atoms with Gasteiger partial charge in [-0.25, -0.2) is 0 Å². The quantitative estimate of drug-likeness (QED) is 0.252. The molecular weight excluding hydrogens is 466 g/mol. The third-order valence-electron chi connectivity index (χ3n) is 6.48. The number of aliphatic imine (C=N–C) groups is 1. The Labute approximate surface area is 220 Å². The molecule has 0 radical (unpaired) electrons. The van der Waals surface area contributed by atoms with Crippen LogP contribution in [0.15, 0.2) is 59.6 Å². The number of phenols is 1. The van der Waals surface area contributed by atoms with Crippen LogP contribution in [0.2, 0.25) is 0 Å². The molecule has 1 atom stereocenters. The Bertz CT molecular complexity index is 1120. The maximum absolute atomic E-state index is 12.2. The highest BCUT2D eigenvalue weighted by molar-refractivity contribution is 5.98. The van der Waals surface area contributed by atoms with Crippen LogP contribution in [-0.4, -0.2) is 66.5 Å². The second-order valence-corrected chi connectivity index (χ2v) is 9.39. The van der Waals surface area contributed by atoms with Crippen molar-refractivity contribution < 1.29 is 14.6 Å². The number of nitrogens with one attached hydrogen (secondary N) is 1. The molecule has 1 aliphatic rings. The van der Waals surface area contributed by atoms with Crippen LogP contribution in [-0.2, 0) is 9.53 Å². The van der Waals surface area contributed by atoms with Crippen molar-refractivity contribution in [3.63, 3.8) is 0 Å². The molecule has 8 heteroatoms. The Hall–Kier alpha value is -3.81. The van der Waals surface area contributed by atoms with Gasteiger partial charge in [0, 0.05) is 31.7 Å². The fraction of sp³-hybridized carbons (Fsp3) is 0.414. The lowest BCUT2D eigenvalue weighted by Crippen LogP contribution is -2.38. The molecule has 1 saturated heterocycles. The zero-order chi connectivity index (χ0) is 26.8. The topological polar surface area (TPSA) is 115 Å². The highest BCUT2D eigenvalue weighted by Gasteiger charge is 2.20. The van der Waals surface area contributed by atoms with Gasteiger partial charge in [-0.2, -0.15) is 0 Å². The highest BCUT2D eigenvalue weighted by Crippen LogP contribution is 2.27. The van der Waals surface area contributed by atoms with Gasteiger partial charge < -0.3 is 25.4 Å². The number of para-hydroxylation sites is 2. The van der Waals surface area contributed by atoms with Crippen LogP contribution in [0, 0.1) is 11.3 Å². The number of hydrogen-bond acceptors (Lipinski definition) is 6. The minimum Gasteiger partial charge on any atom is -0.506 e. The van der Waals surface area contributed by atoms with E-state index in [-0.39, 0.29) is 23.7 Å². The van der Waals surface area contributed by atoms with Crippen LogP contribution in [0.25, 0.3) is 6.08 Å². The van der Waals surface area contributed by atoms with E-state index in [1.54, 1.807) is 19.1 Å². The first-order valence-corrected chi connectivity index (χ1v) is 12.9. The number of esters is 1. The number of amidine groups is 2. The minimum absolute atomic E-state index is 0.166. The van der Waals surface area contributed by atoms with Crippen LogP contribution in [0.4, 0.5) is 5.69 Å². The van der Waals surface area contributed by atoms with Crippen LogP contribution in [0.5, 0.6) is 5.75 Å². The summed E-state index contributed by atoms with van der Waals surface area (Å²) in [5.74, 6) is 0.695. The minimum atomic E-state index is -0.345.